The maximum Gasteiger partial charge on any atom is 0.166 e. The predicted octanol–water partition coefficient (Wildman–Crippen LogP) is 14.7. The number of hydrogen-bond acceptors (Lipinski definition) is 7. The van der Waals surface area contributed by atoms with Gasteiger partial charge in [-0.05, 0) is 65.7 Å². The molecule has 0 atom stereocenters. The van der Waals surface area contributed by atoms with Crippen molar-refractivity contribution in [2.45, 2.75) is 0 Å². The van der Waals surface area contributed by atoms with E-state index >= 15 is 0 Å². The van der Waals surface area contributed by atoms with Gasteiger partial charge in [-0.2, -0.15) is 0 Å². The molecule has 0 aliphatic carbocycles. The van der Waals surface area contributed by atoms with E-state index in [0.717, 1.165) is 93.9 Å². The molecule has 0 N–H and O–H groups in total. The van der Waals surface area contributed by atoms with Gasteiger partial charge in [0.25, 0.3) is 0 Å². The van der Waals surface area contributed by atoms with Crippen LogP contribution in [0.4, 0.5) is 0 Å². The molecule has 9 aromatic carbocycles. The van der Waals surface area contributed by atoms with Crippen LogP contribution in [0.2, 0.25) is 0 Å². The fourth-order valence-electron chi connectivity index (χ4n) is 9.23. The second-order valence-electron chi connectivity index (χ2n) is 16.7. The molecule has 0 saturated heterocycles. The molecule has 68 heavy (non-hydrogen) atoms. The standard InChI is InChI=1S/C60H37N7O/c1-5-17-38(18-6-1)55-61-56(39-19-7-2-8-20-39)64-59(63-55)44-31-34-51-48(36-44)45-25-13-15-27-50(45)67(51)52-33-30-42(43-29-32-47-46-26-14-16-28-53(46)68-54(47)37-43)35-49(52)60-65-57(40-21-9-3-10-22-40)62-58(66-60)41-23-11-4-12-24-41/h1-37H. The largest absolute Gasteiger partial charge is 0.456 e. The summed E-state index contributed by atoms with van der Waals surface area (Å²) in [6.45, 7) is 0. The Labute approximate surface area is 390 Å². The van der Waals surface area contributed by atoms with Gasteiger partial charge in [0.15, 0.2) is 34.9 Å². The van der Waals surface area contributed by atoms with Crippen LogP contribution in [-0.2, 0) is 0 Å². The van der Waals surface area contributed by atoms with Crippen molar-refractivity contribution < 1.29 is 4.42 Å². The fourth-order valence-corrected chi connectivity index (χ4v) is 9.23. The third-order valence-electron chi connectivity index (χ3n) is 12.5. The normalized spacial score (nSPS) is 11.5. The van der Waals surface area contributed by atoms with Gasteiger partial charge in [0, 0.05) is 54.9 Å². The Kier molecular flexibility index (Phi) is 9.31. The van der Waals surface area contributed by atoms with E-state index in [9.17, 15) is 0 Å². The Morgan fingerprint density at radius 2 is 0.691 bits per heavy atom. The third-order valence-corrected chi connectivity index (χ3v) is 12.5. The molecule has 0 aliphatic rings. The minimum absolute atomic E-state index is 0.550. The van der Waals surface area contributed by atoms with Crippen molar-refractivity contribution in [2.75, 3.05) is 0 Å². The van der Waals surface area contributed by atoms with Crippen LogP contribution >= 0.6 is 0 Å². The molecule has 0 aliphatic heterocycles. The number of furan rings is 1. The van der Waals surface area contributed by atoms with E-state index < -0.39 is 0 Å². The number of hydrogen-bond donors (Lipinski definition) is 0. The molecule has 0 saturated carbocycles. The lowest BCUT2D eigenvalue weighted by atomic mass is 9.99. The van der Waals surface area contributed by atoms with Crippen molar-refractivity contribution in [1.29, 1.82) is 0 Å². The van der Waals surface area contributed by atoms with E-state index in [1.807, 2.05) is 140 Å². The van der Waals surface area contributed by atoms with E-state index in [-0.39, 0.29) is 0 Å². The Morgan fingerprint density at radius 3 is 1.28 bits per heavy atom. The topological polar surface area (TPSA) is 95.4 Å². The zero-order valence-electron chi connectivity index (χ0n) is 36.4. The van der Waals surface area contributed by atoms with E-state index in [2.05, 4.69) is 89.5 Å². The van der Waals surface area contributed by atoms with E-state index in [1.54, 1.807) is 0 Å². The van der Waals surface area contributed by atoms with Crippen LogP contribution in [0.1, 0.15) is 0 Å². The minimum Gasteiger partial charge on any atom is -0.456 e. The van der Waals surface area contributed by atoms with Crippen LogP contribution < -0.4 is 0 Å². The van der Waals surface area contributed by atoms with Gasteiger partial charge in [0.2, 0.25) is 0 Å². The number of para-hydroxylation sites is 2. The Bertz CT molecular complexity index is 3900. The van der Waals surface area contributed by atoms with Crippen molar-refractivity contribution in [2.24, 2.45) is 0 Å². The maximum absolute atomic E-state index is 6.39. The summed E-state index contributed by atoms with van der Waals surface area (Å²) < 4.78 is 8.71. The molecule has 0 spiro atoms. The molecule has 0 bridgehead atoms. The number of aromatic nitrogens is 7. The highest BCUT2D eigenvalue weighted by Gasteiger charge is 2.22. The molecule has 8 heteroatoms. The zero-order chi connectivity index (χ0) is 45.0. The van der Waals surface area contributed by atoms with Crippen molar-refractivity contribution in [3.63, 3.8) is 0 Å². The first kappa shape index (κ1) is 39.0. The highest BCUT2D eigenvalue weighted by atomic mass is 16.3. The maximum atomic E-state index is 6.39. The molecule has 318 valence electrons. The summed E-state index contributed by atoms with van der Waals surface area (Å²) in [4.78, 5) is 30.7. The molecular formula is C60H37N7O. The van der Waals surface area contributed by atoms with Gasteiger partial charge < -0.3 is 8.98 Å². The Morgan fingerprint density at radius 1 is 0.265 bits per heavy atom. The highest BCUT2D eigenvalue weighted by molar-refractivity contribution is 6.11. The van der Waals surface area contributed by atoms with Gasteiger partial charge >= 0.3 is 0 Å². The lowest BCUT2D eigenvalue weighted by molar-refractivity contribution is 0.669. The first-order valence-corrected chi connectivity index (χ1v) is 22.5. The quantitative estimate of drug-likeness (QED) is 0.150. The summed E-state index contributed by atoms with van der Waals surface area (Å²) >= 11 is 0. The first-order valence-electron chi connectivity index (χ1n) is 22.5. The van der Waals surface area contributed by atoms with Crippen LogP contribution in [0.15, 0.2) is 229 Å². The second-order valence-corrected chi connectivity index (χ2v) is 16.7. The molecule has 4 heterocycles. The molecule has 0 radical (unpaired) electrons. The van der Waals surface area contributed by atoms with Crippen LogP contribution in [0.5, 0.6) is 0 Å². The summed E-state index contributed by atoms with van der Waals surface area (Å²) in [7, 11) is 0. The highest BCUT2D eigenvalue weighted by Crippen LogP contribution is 2.41. The van der Waals surface area contributed by atoms with E-state index in [0.29, 0.717) is 34.9 Å². The van der Waals surface area contributed by atoms with Crippen LogP contribution in [0.25, 0.3) is 129 Å². The minimum atomic E-state index is 0.550. The average molecular weight is 872 g/mol. The summed E-state index contributed by atoms with van der Waals surface area (Å²) in [6, 6.07) is 76.5. The summed E-state index contributed by atoms with van der Waals surface area (Å²) in [5, 5.41) is 4.31. The summed E-state index contributed by atoms with van der Waals surface area (Å²) in [5.41, 5.74) is 12.0. The second kappa shape index (κ2) is 16.2. The molecule has 8 nitrogen and oxygen atoms in total. The van der Waals surface area contributed by atoms with E-state index in [1.165, 1.54) is 0 Å². The molecule has 0 fully saturated rings. The summed E-state index contributed by atoms with van der Waals surface area (Å²) in [6.07, 6.45) is 0. The molecule has 4 aromatic heterocycles. The predicted molar refractivity (Wildman–Crippen MR) is 273 cm³/mol. The third kappa shape index (κ3) is 6.87. The van der Waals surface area contributed by atoms with Gasteiger partial charge in [0.05, 0.1) is 16.7 Å². The van der Waals surface area contributed by atoms with E-state index in [4.69, 9.17) is 34.3 Å². The molecule has 0 unspecified atom stereocenters. The van der Waals surface area contributed by atoms with Crippen molar-refractivity contribution in [3.05, 3.63) is 224 Å². The van der Waals surface area contributed by atoms with Gasteiger partial charge in [-0.1, -0.05) is 170 Å². The zero-order valence-corrected chi connectivity index (χ0v) is 36.4. The Balaban J connectivity index is 1.04. The molecule has 13 aromatic rings. The number of fused-ring (bicyclic) bond motifs is 6. The lowest BCUT2D eigenvalue weighted by Crippen LogP contribution is -2.04. The number of nitrogens with zero attached hydrogens (tertiary/aromatic N) is 7. The SMILES string of the molecule is c1ccc(-c2nc(-c3ccccc3)nc(-c3ccc4c(c3)c3ccccc3n4-c3ccc(-c4ccc5c(c4)oc4ccccc45)cc3-c3nc(-c4ccccc4)nc(-c4ccccc4)n3)n2)cc1. The first-order chi connectivity index (χ1) is 33.7. The molecule has 0 amide bonds. The van der Waals surface area contributed by atoms with Gasteiger partial charge in [-0.3, -0.25) is 0 Å². The van der Waals surface area contributed by atoms with Gasteiger partial charge in [-0.15, -0.1) is 0 Å². The van der Waals surface area contributed by atoms with Crippen molar-refractivity contribution >= 4 is 43.7 Å². The lowest BCUT2D eigenvalue weighted by Gasteiger charge is -2.16. The monoisotopic (exact) mass is 871 g/mol. The van der Waals surface area contributed by atoms with Gasteiger partial charge in [-0.25, -0.2) is 29.9 Å². The fraction of sp³-hybridized carbons (Fsp3) is 0. The van der Waals surface area contributed by atoms with Crippen molar-refractivity contribution in [3.8, 4) is 85.1 Å². The number of benzene rings is 9. The van der Waals surface area contributed by atoms with Crippen LogP contribution in [-0.4, -0.2) is 34.5 Å². The van der Waals surface area contributed by atoms with Crippen LogP contribution in [0.3, 0.4) is 0 Å². The number of rotatable bonds is 8. The molecule has 13 rings (SSSR count). The average Bonchev–Trinajstić information content (AvgIpc) is 3.96. The molecular weight excluding hydrogens is 835 g/mol. The van der Waals surface area contributed by atoms with Gasteiger partial charge in [0.1, 0.15) is 11.2 Å². The van der Waals surface area contributed by atoms with Crippen LogP contribution in [0, 0.1) is 0 Å². The summed E-state index contributed by atoms with van der Waals surface area (Å²) in [5.74, 6) is 3.54. The van der Waals surface area contributed by atoms with Crippen molar-refractivity contribution in [1.82, 2.24) is 34.5 Å². The Hall–Kier alpha value is -9.40. The smallest absolute Gasteiger partial charge is 0.166 e.